The van der Waals surface area contributed by atoms with E-state index in [1.54, 1.807) is 4.68 Å². The SMILES string of the molecule is Cn1cc(C(=O)N2CCN(CCc3ccccc3)CC2)c(-c2ccc3c(c2)OCCCO3)n1. The number of ether oxygens (including phenoxy) is 2. The Labute approximate surface area is 194 Å². The van der Waals surface area contributed by atoms with Gasteiger partial charge in [0.1, 0.15) is 5.69 Å². The molecule has 0 bridgehead atoms. The Balaban J connectivity index is 1.26. The van der Waals surface area contributed by atoms with E-state index in [0.717, 1.165) is 56.9 Å². The average Bonchev–Trinajstić information content (AvgIpc) is 3.09. The zero-order valence-corrected chi connectivity index (χ0v) is 19.1. The second kappa shape index (κ2) is 9.67. The first-order valence-corrected chi connectivity index (χ1v) is 11.7. The van der Waals surface area contributed by atoms with Gasteiger partial charge in [0.15, 0.2) is 11.5 Å². The quantitative estimate of drug-likeness (QED) is 0.602. The molecule has 0 aliphatic carbocycles. The molecule has 7 nitrogen and oxygen atoms in total. The molecule has 172 valence electrons. The number of rotatable bonds is 5. The molecular formula is C26H30N4O3. The van der Waals surface area contributed by atoms with Crippen molar-refractivity contribution in [3.05, 3.63) is 65.9 Å². The molecule has 0 spiro atoms. The molecule has 7 heteroatoms. The second-order valence-corrected chi connectivity index (χ2v) is 8.65. The lowest BCUT2D eigenvalue weighted by molar-refractivity contribution is 0.0639. The molecule has 2 aliphatic rings. The van der Waals surface area contributed by atoms with Crippen LogP contribution in [0.3, 0.4) is 0 Å². The molecule has 3 heterocycles. The second-order valence-electron chi connectivity index (χ2n) is 8.65. The molecule has 0 N–H and O–H groups in total. The van der Waals surface area contributed by atoms with E-state index in [1.807, 2.05) is 42.4 Å². The van der Waals surface area contributed by atoms with E-state index in [4.69, 9.17) is 9.47 Å². The summed E-state index contributed by atoms with van der Waals surface area (Å²) in [6.07, 6.45) is 3.71. The molecule has 0 atom stereocenters. The first-order chi connectivity index (χ1) is 16.2. The third-order valence-corrected chi connectivity index (χ3v) is 6.30. The number of benzene rings is 2. The Kier molecular flexibility index (Phi) is 6.30. The Hall–Kier alpha value is -3.32. The molecule has 0 radical (unpaired) electrons. The van der Waals surface area contributed by atoms with Crippen LogP contribution >= 0.6 is 0 Å². The topological polar surface area (TPSA) is 59.8 Å². The third-order valence-electron chi connectivity index (χ3n) is 6.30. The van der Waals surface area contributed by atoms with Crippen LogP contribution in [0.25, 0.3) is 11.3 Å². The Morgan fingerprint density at radius 3 is 2.52 bits per heavy atom. The van der Waals surface area contributed by atoms with Gasteiger partial charge in [0.05, 0.1) is 18.8 Å². The van der Waals surface area contributed by atoms with E-state index in [9.17, 15) is 4.79 Å². The van der Waals surface area contributed by atoms with Crippen molar-refractivity contribution in [2.75, 3.05) is 45.9 Å². The summed E-state index contributed by atoms with van der Waals surface area (Å²) in [6, 6.07) is 16.3. The van der Waals surface area contributed by atoms with E-state index in [0.29, 0.717) is 30.2 Å². The van der Waals surface area contributed by atoms with Crippen LogP contribution in [0.4, 0.5) is 0 Å². The van der Waals surface area contributed by atoms with Crippen LogP contribution in [-0.4, -0.2) is 71.4 Å². The number of fused-ring (bicyclic) bond motifs is 1. The summed E-state index contributed by atoms with van der Waals surface area (Å²) < 4.78 is 13.3. The zero-order valence-electron chi connectivity index (χ0n) is 19.1. The summed E-state index contributed by atoms with van der Waals surface area (Å²) >= 11 is 0. The summed E-state index contributed by atoms with van der Waals surface area (Å²) in [5.41, 5.74) is 3.53. The van der Waals surface area contributed by atoms with Crippen molar-refractivity contribution in [1.29, 1.82) is 0 Å². The molecule has 1 saturated heterocycles. The van der Waals surface area contributed by atoms with Crippen LogP contribution in [0.2, 0.25) is 0 Å². The van der Waals surface area contributed by atoms with Crippen molar-refractivity contribution in [3.8, 4) is 22.8 Å². The number of aromatic nitrogens is 2. The van der Waals surface area contributed by atoms with Crippen LogP contribution in [0.1, 0.15) is 22.3 Å². The van der Waals surface area contributed by atoms with Crippen molar-refractivity contribution < 1.29 is 14.3 Å². The maximum Gasteiger partial charge on any atom is 0.257 e. The summed E-state index contributed by atoms with van der Waals surface area (Å²) in [7, 11) is 1.85. The van der Waals surface area contributed by atoms with Crippen LogP contribution in [0.15, 0.2) is 54.7 Å². The van der Waals surface area contributed by atoms with E-state index in [1.165, 1.54) is 5.56 Å². The number of nitrogens with zero attached hydrogens (tertiary/aromatic N) is 4. The molecule has 33 heavy (non-hydrogen) atoms. The van der Waals surface area contributed by atoms with Crippen molar-refractivity contribution in [1.82, 2.24) is 19.6 Å². The van der Waals surface area contributed by atoms with Crippen LogP contribution < -0.4 is 9.47 Å². The summed E-state index contributed by atoms with van der Waals surface area (Å²) in [5.74, 6) is 1.49. The zero-order chi connectivity index (χ0) is 22.6. The smallest absolute Gasteiger partial charge is 0.257 e. The average molecular weight is 447 g/mol. The Morgan fingerprint density at radius 1 is 0.970 bits per heavy atom. The third kappa shape index (κ3) is 4.88. The largest absolute Gasteiger partial charge is 0.490 e. The molecule has 2 aromatic carbocycles. The highest BCUT2D eigenvalue weighted by atomic mass is 16.5. The van der Waals surface area contributed by atoms with Crippen molar-refractivity contribution in [2.45, 2.75) is 12.8 Å². The van der Waals surface area contributed by atoms with Crippen molar-refractivity contribution >= 4 is 5.91 Å². The minimum Gasteiger partial charge on any atom is -0.490 e. The molecule has 0 saturated carbocycles. The molecule has 0 unspecified atom stereocenters. The number of amides is 1. The summed E-state index contributed by atoms with van der Waals surface area (Å²) in [4.78, 5) is 17.8. The number of hydrogen-bond acceptors (Lipinski definition) is 5. The molecule has 1 amide bonds. The first kappa shape index (κ1) is 21.5. The molecule has 1 fully saturated rings. The predicted octanol–water partition coefficient (Wildman–Crippen LogP) is 3.25. The first-order valence-electron chi connectivity index (χ1n) is 11.7. The van der Waals surface area contributed by atoms with Gasteiger partial charge in [-0.25, -0.2) is 0 Å². The number of carbonyl (C=O) groups is 1. The maximum absolute atomic E-state index is 13.4. The fourth-order valence-corrected chi connectivity index (χ4v) is 4.45. The fourth-order valence-electron chi connectivity index (χ4n) is 4.45. The lowest BCUT2D eigenvalue weighted by atomic mass is 10.1. The molecule has 3 aromatic rings. The van der Waals surface area contributed by atoms with Gasteiger partial charge in [-0.05, 0) is 30.2 Å². The van der Waals surface area contributed by atoms with Gasteiger partial charge in [-0.2, -0.15) is 5.10 Å². The highest BCUT2D eigenvalue weighted by Crippen LogP contribution is 2.35. The monoisotopic (exact) mass is 446 g/mol. The van der Waals surface area contributed by atoms with Gasteiger partial charge in [0.2, 0.25) is 0 Å². The van der Waals surface area contributed by atoms with Gasteiger partial charge < -0.3 is 14.4 Å². The Bertz CT molecular complexity index is 1100. The number of piperazine rings is 1. The van der Waals surface area contributed by atoms with Crippen molar-refractivity contribution in [3.63, 3.8) is 0 Å². The van der Waals surface area contributed by atoms with Gasteiger partial charge >= 0.3 is 0 Å². The highest BCUT2D eigenvalue weighted by molar-refractivity contribution is 6.00. The van der Waals surface area contributed by atoms with Gasteiger partial charge in [0.25, 0.3) is 5.91 Å². The van der Waals surface area contributed by atoms with Gasteiger partial charge in [-0.3, -0.25) is 14.4 Å². The van der Waals surface area contributed by atoms with E-state index in [2.05, 4.69) is 34.3 Å². The summed E-state index contributed by atoms with van der Waals surface area (Å²) in [6.45, 7) is 5.51. The summed E-state index contributed by atoms with van der Waals surface area (Å²) in [5, 5.41) is 4.61. The molecular weight excluding hydrogens is 416 g/mol. The molecule has 2 aliphatic heterocycles. The molecule has 1 aromatic heterocycles. The lowest BCUT2D eigenvalue weighted by Gasteiger charge is -2.34. The van der Waals surface area contributed by atoms with E-state index < -0.39 is 0 Å². The number of carbonyl (C=O) groups excluding carboxylic acids is 1. The van der Waals surface area contributed by atoms with Gasteiger partial charge in [0, 0.05) is 58.0 Å². The molecule has 5 rings (SSSR count). The van der Waals surface area contributed by atoms with E-state index in [-0.39, 0.29) is 5.91 Å². The van der Waals surface area contributed by atoms with Gasteiger partial charge in [-0.15, -0.1) is 0 Å². The van der Waals surface area contributed by atoms with Crippen LogP contribution in [0.5, 0.6) is 11.5 Å². The normalized spacial score (nSPS) is 16.5. The minimum atomic E-state index is 0.0351. The number of aryl methyl sites for hydroxylation is 1. The Morgan fingerprint density at radius 2 is 1.73 bits per heavy atom. The maximum atomic E-state index is 13.4. The van der Waals surface area contributed by atoms with Crippen molar-refractivity contribution in [2.24, 2.45) is 7.05 Å². The fraction of sp³-hybridized carbons (Fsp3) is 0.385. The lowest BCUT2D eigenvalue weighted by Crippen LogP contribution is -2.49. The predicted molar refractivity (Wildman–Crippen MR) is 127 cm³/mol. The minimum absolute atomic E-state index is 0.0351. The highest BCUT2D eigenvalue weighted by Gasteiger charge is 2.26. The standard InChI is InChI=1S/C26H30N4O3/c1-28-19-22(25(27-28)21-8-9-23-24(18-21)33-17-5-16-32-23)26(31)30-14-12-29(13-15-30)11-10-20-6-3-2-4-7-20/h2-4,6-9,18-19H,5,10-17H2,1H3. The van der Waals surface area contributed by atoms with Gasteiger partial charge in [-0.1, -0.05) is 30.3 Å². The van der Waals surface area contributed by atoms with Crippen LogP contribution in [-0.2, 0) is 13.5 Å². The number of hydrogen-bond donors (Lipinski definition) is 0. The van der Waals surface area contributed by atoms with E-state index >= 15 is 0 Å². The van der Waals surface area contributed by atoms with Crippen LogP contribution in [0, 0.1) is 0 Å².